The van der Waals surface area contributed by atoms with Gasteiger partial charge in [-0.1, -0.05) is 12.1 Å². The number of nitro benzene ring substituents is 1. The zero-order valence-electron chi connectivity index (χ0n) is 7.27. The molecule has 0 fully saturated rings. The quantitative estimate of drug-likeness (QED) is 0.534. The molecule has 0 spiro atoms. The number of nitrogens with two attached hydrogens (primary N) is 1. The maximum absolute atomic E-state index is 11.4. The van der Waals surface area contributed by atoms with Gasteiger partial charge in [-0.3, -0.25) is 14.9 Å². The third kappa shape index (κ3) is 1.10. The van der Waals surface area contributed by atoms with Crippen LogP contribution < -0.4 is 5.73 Å². The predicted molar refractivity (Wildman–Crippen MR) is 49.0 cm³/mol. The van der Waals surface area contributed by atoms with Crippen molar-refractivity contribution in [2.75, 3.05) is 0 Å². The summed E-state index contributed by atoms with van der Waals surface area (Å²) in [7, 11) is 0. The number of nitro groups is 1. The minimum Gasteiger partial charge on any atom is -0.324 e. The van der Waals surface area contributed by atoms with Crippen LogP contribution in [0.2, 0.25) is 0 Å². The Labute approximate surface area is 79.7 Å². The largest absolute Gasteiger partial charge is 0.324 e. The topological polar surface area (TPSA) is 86.2 Å². The highest BCUT2D eigenvalue weighted by Crippen LogP contribution is 2.34. The fourth-order valence-corrected chi connectivity index (χ4v) is 1.73. The molecule has 0 bridgehead atoms. The number of fused-ring (bicyclic) bond motifs is 1. The van der Waals surface area contributed by atoms with Crippen LogP contribution in [0.4, 0.5) is 5.69 Å². The SMILES string of the molecule is N[C@@H]1CC(=O)c2c1cccc2[N+](=O)[O-]. The van der Waals surface area contributed by atoms with Gasteiger partial charge in [-0.25, -0.2) is 0 Å². The standard InChI is InChI=1S/C9H8N2O3/c10-6-4-8(12)9-5(6)2-1-3-7(9)11(13)14/h1-3,6H,4,10H2/t6-/m1/s1. The smallest absolute Gasteiger partial charge is 0.280 e. The van der Waals surface area contributed by atoms with Crippen molar-refractivity contribution in [1.29, 1.82) is 0 Å². The molecule has 0 heterocycles. The molecule has 1 aliphatic rings. The highest BCUT2D eigenvalue weighted by molar-refractivity contribution is 6.04. The second-order valence-electron chi connectivity index (χ2n) is 3.23. The molecule has 0 amide bonds. The third-order valence-corrected chi connectivity index (χ3v) is 2.36. The van der Waals surface area contributed by atoms with E-state index in [1.807, 2.05) is 0 Å². The van der Waals surface area contributed by atoms with Gasteiger partial charge in [0, 0.05) is 18.5 Å². The summed E-state index contributed by atoms with van der Waals surface area (Å²) in [6.45, 7) is 0. The Morgan fingerprint density at radius 3 is 2.86 bits per heavy atom. The summed E-state index contributed by atoms with van der Waals surface area (Å²) in [4.78, 5) is 21.5. The summed E-state index contributed by atoms with van der Waals surface area (Å²) in [5.41, 5.74) is 6.30. The van der Waals surface area contributed by atoms with Crippen molar-refractivity contribution in [1.82, 2.24) is 0 Å². The van der Waals surface area contributed by atoms with E-state index in [2.05, 4.69) is 0 Å². The van der Waals surface area contributed by atoms with Gasteiger partial charge < -0.3 is 5.73 Å². The second kappa shape index (κ2) is 2.88. The number of benzene rings is 1. The number of Topliss-reactive ketones (excluding diaryl/α,β-unsaturated/α-hetero) is 1. The van der Waals surface area contributed by atoms with Crippen molar-refractivity contribution in [3.05, 3.63) is 39.4 Å². The van der Waals surface area contributed by atoms with Crippen molar-refractivity contribution >= 4 is 11.5 Å². The van der Waals surface area contributed by atoms with Crippen molar-refractivity contribution in [3.63, 3.8) is 0 Å². The Morgan fingerprint density at radius 2 is 2.21 bits per heavy atom. The normalized spacial score (nSPS) is 19.5. The van der Waals surface area contributed by atoms with Gasteiger partial charge in [0.1, 0.15) is 5.56 Å². The first-order chi connectivity index (χ1) is 6.61. The number of hydrogen-bond donors (Lipinski definition) is 1. The van der Waals surface area contributed by atoms with Crippen LogP contribution in [0, 0.1) is 10.1 Å². The average Bonchev–Trinajstić information content (AvgIpc) is 2.43. The van der Waals surface area contributed by atoms with E-state index in [4.69, 9.17) is 5.73 Å². The van der Waals surface area contributed by atoms with E-state index in [-0.39, 0.29) is 23.5 Å². The molecule has 0 saturated heterocycles. The van der Waals surface area contributed by atoms with Crippen molar-refractivity contribution in [3.8, 4) is 0 Å². The molecular formula is C9H8N2O3. The predicted octanol–water partition coefficient (Wildman–Crippen LogP) is 1.18. The maximum atomic E-state index is 11.4. The monoisotopic (exact) mass is 192 g/mol. The molecule has 5 nitrogen and oxygen atoms in total. The number of carbonyl (C=O) groups excluding carboxylic acids is 1. The van der Waals surface area contributed by atoms with E-state index in [9.17, 15) is 14.9 Å². The van der Waals surface area contributed by atoms with Gasteiger partial charge in [-0.15, -0.1) is 0 Å². The first-order valence-electron chi connectivity index (χ1n) is 4.17. The number of ketones is 1. The summed E-state index contributed by atoms with van der Waals surface area (Å²) in [6, 6.07) is 4.15. The molecule has 0 unspecified atom stereocenters. The highest BCUT2D eigenvalue weighted by Gasteiger charge is 2.33. The minimum absolute atomic E-state index is 0.138. The molecule has 1 aromatic carbocycles. The van der Waals surface area contributed by atoms with Crippen LogP contribution >= 0.6 is 0 Å². The van der Waals surface area contributed by atoms with Crippen LogP contribution in [-0.2, 0) is 0 Å². The molecule has 5 heteroatoms. The molecular weight excluding hydrogens is 184 g/mol. The van der Waals surface area contributed by atoms with Gasteiger partial charge in [0.2, 0.25) is 0 Å². The number of hydrogen-bond acceptors (Lipinski definition) is 4. The summed E-state index contributed by atoms with van der Waals surface area (Å²) >= 11 is 0. The fourth-order valence-electron chi connectivity index (χ4n) is 1.73. The van der Waals surface area contributed by atoms with Crippen LogP contribution in [0.5, 0.6) is 0 Å². The van der Waals surface area contributed by atoms with Crippen LogP contribution in [0.1, 0.15) is 28.4 Å². The molecule has 2 N–H and O–H groups in total. The Kier molecular flexibility index (Phi) is 1.82. The summed E-state index contributed by atoms with van der Waals surface area (Å²) in [5.74, 6) is -0.236. The van der Waals surface area contributed by atoms with E-state index in [0.29, 0.717) is 5.56 Å². The van der Waals surface area contributed by atoms with Gasteiger partial charge in [-0.2, -0.15) is 0 Å². The fraction of sp³-hybridized carbons (Fsp3) is 0.222. The van der Waals surface area contributed by atoms with E-state index in [1.165, 1.54) is 6.07 Å². The lowest BCUT2D eigenvalue weighted by Crippen LogP contribution is -2.05. The summed E-state index contributed by atoms with van der Waals surface area (Å²) in [5, 5.41) is 10.6. The van der Waals surface area contributed by atoms with Crippen LogP contribution in [0.25, 0.3) is 0 Å². The lowest BCUT2D eigenvalue weighted by Gasteiger charge is -2.01. The Morgan fingerprint density at radius 1 is 1.50 bits per heavy atom. The van der Waals surface area contributed by atoms with Gasteiger partial charge >= 0.3 is 0 Å². The lowest BCUT2D eigenvalue weighted by molar-refractivity contribution is -0.385. The zero-order chi connectivity index (χ0) is 10.3. The maximum Gasteiger partial charge on any atom is 0.280 e. The number of nitrogens with zero attached hydrogens (tertiary/aromatic N) is 1. The zero-order valence-corrected chi connectivity index (χ0v) is 7.27. The minimum atomic E-state index is -0.547. The second-order valence-corrected chi connectivity index (χ2v) is 3.23. The van der Waals surface area contributed by atoms with E-state index in [1.54, 1.807) is 12.1 Å². The Hall–Kier alpha value is -1.75. The van der Waals surface area contributed by atoms with Crippen LogP contribution in [0.15, 0.2) is 18.2 Å². The van der Waals surface area contributed by atoms with Gasteiger partial charge in [0.25, 0.3) is 5.69 Å². The van der Waals surface area contributed by atoms with Crippen molar-refractivity contribution in [2.24, 2.45) is 5.73 Å². The summed E-state index contributed by atoms with van der Waals surface area (Å²) in [6.07, 6.45) is 0.167. The molecule has 1 aromatic rings. The van der Waals surface area contributed by atoms with Crippen LogP contribution in [0.3, 0.4) is 0 Å². The molecule has 0 aromatic heterocycles. The molecule has 2 rings (SSSR count). The molecule has 0 radical (unpaired) electrons. The number of carbonyl (C=O) groups is 1. The van der Waals surface area contributed by atoms with Crippen molar-refractivity contribution in [2.45, 2.75) is 12.5 Å². The molecule has 0 aliphatic heterocycles. The number of rotatable bonds is 1. The highest BCUT2D eigenvalue weighted by atomic mass is 16.6. The summed E-state index contributed by atoms with van der Waals surface area (Å²) < 4.78 is 0. The van der Waals surface area contributed by atoms with Crippen molar-refractivity contribution < 1.29 is 9.72 Å². The van der Waals surface area contributed by atoms with E-state index < -0.39 is 11.0 Å². The third-order valence-electron chi connectivity index (χ3n) is 2.36. The lowest BCUT2D eigenvalue weighted by atomic mass is 10.1. The Bertz CT molecular complexity index is 428. The van der Waals surface area contributed by atoms with Gasteiger partial charge in [0.05, 0.1) is 4.92 Å². The van der Waals surface area contributed by atoms with E-state index >= 15 is 0 Å². The molecule has 0 saturated carbocycles. The molecule has 72 valence electrons. The van der Waals surface area contributed by atoms with Crippen LogP contribution in [-0.4, -0.2) is 10.7 Å². The Balaban J connectivity index is 2.68. The molecule has 1 aliphatic carbocycles. The average molecular weight is 192 g/mol. The first-order valence-corrected chi connectivity index (χ1v) is 4.17. The van der Waals surface area contributed by atoms with Gasteiger partial charge in [0.15, 0.2) is 5.78 Å². The molecule has 1 atom stereocenters. The van der Waals surface area contributed by atoms with E-state index in [0.717, 1.165) is 0 Å². The van der Waals surface area contributed by atoms with Gasteiger partial charge in [-0.05, 0) is 5.56 Å². The molecule has 14 heavy (non-hydrogen) atoms. The first kappa shape index (κ1) is 8.83.